The molecule has 6 nitrogen and oxygen atoms in total. The fourth-order valence-corrected chi connectivity index (χ4v) is 4.75. The number of nitrogens with zero attached hydrogens (tertiary/aromatic N) is 1. The van der Waals surface area contributed by atoms with Crippen LogP contribution in [0.3, 0.4) is 0 Å². The first-order valence-electron chi connectivity index (χ1n) is 9.07. The highest BCUT2D eigenvalue weighted by Crippen LogP contribution is 2.34. The van der Waals surface area contributed by atoms with Crippen LogP contribution >= 0.6 is 11.3 Å². The number of hydrogen-bond acceptors (Lipinski definition) is 5. The summed E-state index contributed by atoms with van der Waals surface area (Å²) in [6, 6.07) is 7.58. The molecule has 7 heteroatoms. The maximum absolute atomic E-state index is 12.4. The molecule has 0 aliphatic heterocycles. The van der Waals surface area contributed by atoms with Crippen molar-refractivity contribution in [3.63, 3.8) is 0 Å². The van der Waals surface area contributed by atoms with Gasteiger partial charge in [-0.1, -0.05) is 12.1 Å². The van der Waals surface area contributed by atoms with E-state index < -0.39 is 0 Å². The number of methoxy groups -OCH3 is 1. The summed E-state index contributed by atoms with van der Waals surface area (Å²) in [6.07, 6.45) is 3.82. The number of ether oxygens (including phenoxy) is 1. The Kier molecular flexibility index (Phi) is 4.94. The topological polar surface area (TPSA) is 84.1 Å². The molecule has 4 rings (SSSR count). The first kappa shape index (κ1) is 17.7. The van der Waals surface area contributed by atoms with Gasteiger partial charge in [-0.2, -0.15) is 0 Å². The van der Waals surface area contributed by atoms with E-state index in [1.165, 1.54) is 10.4 Å². The minimum Gasteiger partial charge on any atom is -0.497 e. The number of aromatic nitrogens is 2. The van der Waals surface area contributed by atoms with Gasteiger partial charge in [0.2, 0.25) is 5.91 Å². The van der Waals surface area contributed by atoms with Gasteiger partial charge in [0.15, 0.2) is 0 Å². The number of amides is 1. The molecule has 1 aromatic carbocycles. The Morgan fingerprint density at radius 1 is 1.37 bits per heavy atom. The van der Waals surface area contributed by atoms with Crippen LogP contribution in [0.5, 0.6) is 5.75 Å². The molecule has 0 saturated heterocycles. The summed E-state index contributed by atoms with van der Waals surface area (Å²) in [4.78, 5) is 34.1. The van der Waals surface area contributed by atoms with Crippen LogP contribution in [-0.4, -0.2) is 23.0 Å². The summed E-state index contributed by atoms with van der Waals surface area (Å²) >= 11 is 1.62. The lowest BCUT2D eigenvalue weighted by Crippen LogP contribution is -2.23. The number of H-pyrrole nitrogens is 1. The molecule has 0 saturated carbocycles. The van der Waals surface area contributed by atoms with Gasteiger partial charge >= 0.3 is 0 Å². The van der Waals surface area contributed by atoms with Gasteiger partial charge in [-0.15, -0.1) is 11.3 Å². The molecular weight excluding hydrogens is 362 g/mol. The van der Waals surface area contributed by atoms with Crippen LogP contribution in [0, 0.1) is 0 Å². The van der Waals surface area contributed by atoms with Crippen molar-refractivity contribution in [3.8, 4) is 5.75 Å². The number of carbonyl (C=O) groups excluding carboxylic acids is 1. The zero-order valence-corrected chi connectivity index (χ0v) is 15.9. The Bertz CT molecular complexity index is 1050. The molecule has 0 fully saturated rings. The molecule has 0 radical (unpaired) electrons. The van der Waals surface area contributed by atoms with Gasteiger partial charge in [0, 0.05) is 24.3 Å². The SMILES string of the molecule is COc1cccc(CNC(=O)CCc2nc3sc4c(c3c(=O)[nH]2)CCC4)c1. The van der Waals surface area contributed by atoms with Crippen LogP contribution in [-0.2, 0) is 30.6 Å². The second-order valence-corrected chi connectivity index (χ2v) is 7.76. The van der Waals surface area contributed by atoms with Crippen molar-refractivity contribution in [2.45, 2.75) is 38.6 Å². The van der Waals surface area contributed by atoms with Crippen LogP contribution in [0.1, 0.15) is 34.7 Å². The van der Waals surface area contributed by atoms with Gasteiger partial charge in [0.25, 0.3) is 5.56 Å². The number of benzene rings is 1. The third-order valence-corrected chi connectivity index (χ3v) is 6.02. The fourth-order valence-electron chi connectivity index (χ4n) is 3.47. The van der Waals surface area contributed by atoms with E-state index in [0.717, 1.165) is 40.8 Å². The lowest BCUT2D eigenvalue weighted by atomic mass is 10.2. The van der Waals surface area contributed by atoms with Crippen LogP contribution < -0.4 is 15.6 Å². The molecule has 2 N–H and O–H groups in total. The van der Waals surface area contributed by atoms with E-state index in [4.69, 9.17) is 4.74 Å². The number of rotatable bonds is 6. The average Bonchev–Trinajstić information content (AvgIpc) is 3.25. The predicted octanol–water partition coefficient (Wildman–Crippen LogP) is 2.73. The van der Waals surface area contributed by atoms with Crippen molar-refractivity contribution in [3.05, 3.63) is 56.4 Å². The molecular formula is C20H21N3O3S. The monoisotopic (exact) mass is 383 g/mol. The lowest BCUT2D eigenvalue weighted by molar-refractivity contribution is -0.121. The molecule has 0 bridgehead atoms. The Balaban J connectivity index is 1.38. The van der Waals surface area contributed by atoms with Crippen molar-refractivity contribution in [1.82, 2.24) is 15.3 Å². The first-order valence-corrected chi connectivity index (χ1v) is 9.89. The number of hydrogen-bond donors (Lipinski definition) is 2. The fraction of sp³-hybridized carbons (Fsp3) is 0.350. The third kappa shape index (κ3) is 3.73. The minimum absolute atomic E-state index is 0.0748. The van der Waals surface area contributed by atoms with Crippen LogP contribution in [0.2, 0.25) is 0 Å². The molecule has 1 aliphatic rings. The summed E-state index contributed by atoms with van der Waals surface area (Å²) < 4.78 is 5.18. The molecule has 2 heterocycles. The van der Waals surface area contributed by atoms with Crippen molar-refractivity contribution >= 4 is 27.5 Å². The Hall–Kier alpha value is -2.67. The van der Waals surface area contributed by atoms with Crippen molar-refractivity contribution < 1.29 is 9.53 Å². The molecule has 140 valence electrons. The Morgan fingerprint density at radius 2 is 2.26 bits per heavy atom. The largest absolute Gasteiger partial charge is 0.497 e. The normalized spacial score (nSPS) is 12.9. The zero-order chi connectivity index (χ0) is 18.8. The molecule has 1 amide bonds. The molecule has 0 atom stereocenters. The van der Waals surface area contributed by atoms with E-state index in [1.807, 2.05) is 24.3 Å². The van der Waals surface area contributed by atoms with Gasteiger partial charge in [0.05, 0.1) is 12.5 Å². The second kappa shape index (κ2) is 7.52. The van der Waals surface area contributed by atoms with E-state index in [9.17, 15) is 9.59 Å². The second-order valence-electron chi connectivity index (χ2n) is 6.68. The maximum atomic E-state index is 12.4. The van der Waals surface area contributed by atoms with Gasteiger partial charge in [-0.3, -0.25) is 9.59 Å². The predicted molar refractivity (Wildman–Crippen MR) is 105 cm³/mol. The number of nitrogens with one attached hydrogen (secondary N) is 2. The van der Waals surface area contributed by atoms with E-state index in [0.29, 0.717) is 18.8 Å². The molecule has 1 aliphatic carbocycles. The van der Waals surface area contributed by atoms with Gasteiger partial charge in [-0.05, 0) is 42.5 Å². The van der Waals surface area contributed by atoms with Gasteiger partial charge in [-0.25, -0.2) is 4.98 Å². The number of aryl methyl sites for hydroxylation is 3. The summed E-state index contributed by atoms with van der Waals surface area (Å²) in [6.45, 7) is 0.441. The average molecular weight is 383 g/mol. The first-order chi connectivity index (χ1) is 13.1. The number of thiophene rings is 1. The molecule has 27 heavy (non-hydrogen) atoms. The van der Waals surface area contributed by atoms with Crippen molar-refractivity contribution in [2.75, 3.05) is 7.11 Å². The smallest absolute Gasteiger partial charge is 0.259 e. The zero-order valence-electron chi connectivity index (χ0n) is 15.1. The summed E-state index contributed by atoms with van der Waals surface area (Å²) in [5, 5.41) is 3.64. The summed E-state index contributed by atoms with van der Waals surface area (Å²) in [7, 11) is 1.62. The third-order valence-electron chi connectivity index (χ3n) is 4.84. The van der Waals surface area contributed by atoms with E-state index in [-0.39, 0.29) is 17.9 Å². The van der Waals surface area contributed by atoms with Gasteiger partial charge in [0.1, 0.15) is 16.4 Å². The Morgan fingerprint density at radius 3 is 3.11 bits per heavy atom. The summed E-state index contributed by atoms with van der Waals surface area (Å²) in [5.74, 6) is 1.26. The molecule has 0 unspecified atom stereocenters. The number of aromatic amines is 1. The van der Waals surface area contributed by atoms with Crippen LogP contribution in [0.15, 0.2) is 29.1 Å². The number of fused-ring (bicyclic) bond motifs is 3. The highest BCUT2D eigenvalue weighted by atomic mass is 32.1. The van der Waals surface area contributed by atoms with Crippen molar-refractivity contribution in [2.24, 2.45) is 0 Å². The standard InChI is InChI=1S/C20H21N3O3S/c1-26-13-5-2-4-12(10-13)11-21-17(24)9-8-16-22-19(25)18-14-6-3-7-15(14)27-20(18)23-16/h2,4-5,10H,3,6-9,11H2,1H3,(H,21,24)(H,22,23,25). The van der Waals surface area contributed by atoms with Crippen LogP contribution in [0.25, 0.3) is 10.2 Å². The quantitative estimate of drug-likeness (QED) is 0.686. The van der Waals surface area contributed by atoms with Crippen LogP contribution in [0.4, 0.5) is 0 Å². The number of carbonyl (C=O) groups is 1. The molecule has 3 aromatic rings. The van der Waals surface area contributed by atoms with Gasteiger partial charge < -0.3 is 15.0 Å². The maximum Gasteiger partial charge on any atom is 0.259 e. The van der Waals surface area contributed by atoms with E-state index in [1.54, 1.807) is 18.4 Å². The van der Waals surface area contributed by atoms with E-state index in [2.05, 4.69) is 15.3 Å². The highest BCUT2D eigenvalue weighted by molar-refractivity contribution is 7.18. The lowest BCUT2D eigenvalue weighted by Gasteiger charge is -2.07. The minimum atomic E-state index is -0.0776. The summed E-state index contributed by atoms with van der Waals surface area (Å²) in [5.41, 5.74) is 2.07. The van der Waals surface area contributed by atoms with Crippen molar-refractivity contribution in [1.29, 1.82) is 0 Å². The highest BCUT2D eigenvalue weighted by Gasteiger charge is 2.21. The molecule has 0 spiro atoms. The Labute approximate surface area is 160 Å². The molecule has 2 aromatic heterocycles. The van der Waals surface area contributed by atoms with E-state index >= 15 is 0 Å².